The SMILES string of the molecule is C[C@@H]1C=C[C@H](CO)C[C@@H]1C(=O)N1CCOC1=O. The number of rotatable bonds is 2. The van der Waals surface area contributed by atoms with E-state index in [4.69, 9.17) is 9.84 Å². The number of carbonyl (C=O) groups excluding carboxylic acids is 2. The van der Waals surface area contributed by atoms with Gasteiger partial charge in [-0.15, -0.1) is 0 Å². The fourth-order valence-electron chi connectivity index (χ4n) is 2.34. The molecule has 17 heavy (non-hydrogen) atoms. The van der Waals surface area contributed by atoms with Gasteiger partial charge < -0.3 is 9.84 Å². The molecule has 5 heteroatoms. The van der Waals surface area contributed by atoms with E-state index in [0.717, 1.165) is 0 Å². The maximum atomic E-state index is 12.2. The zero-order chi connectivity index (χ0) is 12.4. The Hall–Kier alpha value is -1.36. The lowest BCUT2D eigenvalue weighted by Crippen LogP contribution is -2.40. The molecule has 0 spiro atoms. The van der Waals surface area contributed by atoms with Crippen LogP contribution in [0.2, 0.25) is 0 Å². The van der Waals surface area contributed by atoms with Crippen LogP contribution >= 0.6 is 0 Å². The molecule has 1 fully saturated rings. The van der Waals surface area contributed by atoms with Crippen molar-refractivity contribution in [3.8, 4) is 0 Å². The molecule has 1 N–H and O–H groups in total. The summed E-state index contributed by atoms with van der Waals surface area (Å²) in [6.07, 6.45) is 3.93. The standard InChI is InChI=1S/C12H17NO4/c1-8-2-3-9(7-14)6-10(8)11(15)13-4-5-17-12(13)16/h2-3,8-10,14H,4-7H2,1H3/t8-,9+,10+/m1/s1. The summed E-state index contributed by atoms with van der Waals surface area (Å²) in [6, 6.07) is 0. The Kier molecular flexibility index (Phi) is 3.47. The Balaban J connectivity index is 2.08. The van der Waals surface area contributed by atoms with Crippen LogP contribution in [0.3, 0.4) is 0 Å². The fraction of sp³-hybridized carbons (Fsp3) is 0.667. The first kappa shape index (κ1) is 12.1. The van der Waals surface area contributed by atoms with Crippen molar-refractivity contribution in [3.05, 3.63) is 12.2 Å². The van der Waals surface area contributed by atoms with Gasteiger partial charge in [-0.1, -0.05) is 19.1 Å². The maximum absolute atomic E-state index is 12.2. The van der Waals surface area contributed by atoms with Crippen molar-refractivity contribution in [3.63, 3.8) is 0 Å². The Labute approximate surface area is 100 Å². The second kappa shape index (κ2) is 4.87. The molecular formula is C12H17NO4. The number of allylic oxidation sites excluding steroid dienone is 1. The summed E-state index contributed by atoms with van der Waals surface area (Å²) >= 11 is 0. The number of imide groups is 1. The first-order chi connectivity index (χ1) is 8.13. The van der Waals surface area contributed by atoms with E-state index in [2.05, 4.69) is 0 Å². The van der Waals surface area contributed by atoms with Gasteiger partial charge >= 0.3 is 6.09 Å². The van der Waals surface area contributed by atoms with E-state index in [1.54, 1.807) is 0 Å². The number of nitrogens with zero attached hydrogens (tertiary/aromatic N) is 1. The highest BCUT2D eigenvalue weighted by molar-refractivity contribution is 5.94. The number of aliphatic hydroxyl groups excluding tert-OH is 1. The van der Waals surface area contributed by atoms with E-state index < -0.39 is 6.09 Å². The first-order valence-electron chi connectivity index (χ1n) is 5.90. The Bertz CT molecular complexity index is 352. The third-order valence-corrected chi connectivity index (χ3v) is 3.46. The van der Waals surface area contributed by atoms with Crippen LogP contribution in [0.1, 0.15) is 13.3 Å². The first-order valence-corrected chi connectivity index (χ1v) is 5.90. The van der Waals surface area contributed by atoms with E-state index in [1.165, 1.54) is 4.90 Å². The predicted molar refractivity (Wildman–Crippen MR) is 60.0 cm³/mol. The number of cyclic esters (lactones) is 1. The molecule has 94 valence electrons. The highest BCUT2D eigenvalue weighted by Crippen LogP contribution is 2.30. The van der Waals surface area contributed by atoms with E-state index in [0.29, 0.717) is 13.0 Å². The molecule has 2 amide bonds. The van der Waals surface area contributed by atoms with E-state index in [-0.39, 0.29) is 36.9 Å². The van der Waals surface area contributed by atoms with Crippen molar-refractivity contribution < 1.29 is 19.4 Å². The highest BCUT2D eigenvalue weighted by Gasteiger charge is 2.37. The van der Waals surface area contributed by atoms with Gasteiger partial charge in [0.25, 0.3) is 0 Å². The van der Waals surface area contributed by atoms with Crippen molar-refractivity contribution in [2.45, 2.75) is 13.3 Å². The molecule has 0 aromatic carbocycles. The minimum atomic E-state index is -0.544. The van der Waals surface area contributed by atoms with Gasteiger partial charge in [0.05, 0.1) is 6.54 Å². The minimum absolute atomic E-state index is 0.0128. The van der Waals surface area contributed by atoms with E-state index in [9.17, 15) is 9.59 Å². The molecule has 1 aliphatic heterocycles. The van der Waals surface area contributed by atoms with Crippen LogP contribution in [0.5, 0.6) is 0 Å². The molecule has 0 radical (unpaired) electrons. The summed E-state index contributed by atoms with van der Waals surface area (Å²) in [5, 5.41) is 9.13. The molecule has 1 aliphatic carbocycles. The fourth-order valence-corrected chi connectivity index (χ4v) is 2.34. The summed E-state index contributed by atoms with van der Waals surface area (Å²) in [4.78, 5) is 24.7. The number of hydrogen-bond donors (Lipinski definition) is 1. The highest BCUT2D eigenvalue weighted by atomic mass is 16.6. The third kappa shape index (κ3) is 2.34. The summed E-state index contributed by atoms with van der Waals surface area (Å²) in [5.41, 5.74) is 0. The van der Waals surface area contributed by atoms with Gasteiger partial charge in [-0.05, 0) is 12.3 Å². The second-order valence-corrected chi connectivity index (χ2v) is 4.63. The Morgan fingerprint density at radius 1 is 1.59 bits per heavy atom. The molecular weight excluding hydrogens is 222 g/mol. The Morgan fingerprint density at radius 3 is 2.94 bits per heavy atom. The van der Waals surface area contributed by atoms with Crippen LogP contribution in [0.15, 0.2) is 12.2 Å². The van der Waals surface area contributed by atoms with E-state index in [1.807, 2.05) is 19.1 Å². The van der Waals surface area contributed by atoms with Crippen LogP contribution in [0.25, 0.3) is 0 Å². The van der Waals surface area contributed by atoms with Crippen molar-refractivity contribution in [1.82, 2.24) is 4.90 Å². The van der Waals surface area contributed by atoms with Gasteiger partial charge in [-0.3, -0.25) is 4.79 Å². The molecule has 0 unspecified atom stereocenters. The number of amides is 2. The molecule has 5 nitrogen and oxygen atoms in total. The van der Waals surface area contributed by atoms with Crippen molar-refractivity contribution >= 4 is 12.0 Å². The second-order valence-electron chi connectivity index (χ2n) is 4.63. The molecule has 3 atom stereocenters. The molecule has 2 aliphatic rings. The van der Waals surface area contributed by atoms with Crippen LogP contribution in [-0.4, -0.2) is 41.8 Å². The molecule has 0 aromatic heterocycles. The third-order valence-electron chi connectivity index (χ3n) is 3.46. The van der Waals surface area contributed by atoms with Crippen molar-refractivity contribution in [2.24, 2.45) is 17.8 Å². The average molecular weight is 239 g/mol. The predicted octanol–water partition coefficient (Wildman–Crippen LogP) is 0.786. The molecule has 1 saturated heterocycles. The smallest absolute Gasteiger partial charge is 0.416 e. The summed E-state index contributed by atoms with van der Waals surface area (Å²) in [6.45, 7) is 2.62. The van der Waals surface area contributed by atoms with E-state index >= 15 is 0 Å². The molecule has 1 heterocycles. The van der Waals surface area contributed by atoms with Crippen molar-refractivity contribution in [1.29, 1.82) is 0 Å². The van der Waals surface area contributed by atoms with Gasteiger partial charge in [0.1, 0.15) is 6.61 Å². The van der Waals surface area contributed by atoms with Gasteiger partial charge in [0.2, 0.25) is 5.91 Å². The number of aliphatic hydroxyl groups is 1. The van der Waals surface area contributed by atoms with Crippen molar-refractivity contribution in [2.75, 3.05) is 19.8 Å². The lowest BCUT2D eigenvalue weighted by atomic mass is 9.79. The maximum Gasteiger partial charge on any atom is 0.416 e. The average Bonchev–Trinajstić information content (AvgIpc) is 2.75. The minimum Gasteiger partial charge on any atom is -0.447 e. The molecule has 0 aromatic rings. The van der Waals surface area contributed by atoms with Gasteiger partial charge in [0, 0.05) is 18.4 Å². The number of carbonyl (C=O) groups is 2. The van der Waals surface area contributed by atoms with Gasteiger partial charge in [0.15, 0.2) is 0 Å². The Morgan fingerprint density at radius 2 is 2.35 bits per heavy atom. The summed E-state index contributed by atoms with van der Waals surface area (Å²) in [7, 11) is 0. The lowest BCUT2D eigenvalue weighted by molar-refractivity contribution is -0.133. The summed E-state index contributed by atoms with van der Waals surface area (Å²) < 4.78 is 4.76. The van der Waals surface area contributed by atoms with Crippen LogP contribution < -0.4 is 0 Å². The topological polar surface area (TPSA) is 66.8 Å². The zero-order valence-electron chi connectivity index (χ0n) is 9.83. The lowest BCUT2D eigenvalue weighted by Gasteiger charge is -2.29. The summed E-state index contributed by atoms with van der Waals surface area (Å²) in [5.74, 6) is -0.303. The quantitative estimate of drug-likeness (QED) is 0.723. The zero-order valence-corrected chi connectivity index (χ0v) is 9.83. The van der Waals surface area contributed by atoms with Gasteiger partial charge in [-0.2, -0.15) is 0 Å². The largest absolute Gasteiger partial charge is 0.447 e. The number of hydrogen-bond acceptors (Lipinski definition) is 4. The molecule has 0 saturated carbocycles. The van der Waals surface area contributed by atoms with Crippen LogP contribution in [0, 0.1) is 17.8 Å². The van der Waals surface area contributed by atoms with Gasteiger partial charge in [-0.25, -0.2) is 9.69 Å². The molecule has 0 bridgehead atoms. The normalized spacial score (nSPS) is 32.7. The number of ether oxygens (including phenoxy) is 1. The molecule has 2 rings (SSSR count). The monoisotopic (exact) mass is 239 g/mol. The van der Waals surface area contributed by atoms with Crippen LogP contribution in [0.4, 0.5) is 4.79 Å². The van der Waals surface area contributed by atoms with Crippen LogP contribution in [-0.2, 0) is 9.53 Å².